The maximum atomic E-state index is 12.7. The van der Waals surface area contributed by atoms with Crippen molar-refractivity contribution in [2.24, 2.45) is 0 Å². The van der Waals surface area contributed by atoms with E-state index in [1.165, 1.54) is 0 Å². The highest BCUT2D eigenvalue weighted by atomic mass is 16.5. The molecule has 6 heteroatoms. The van der Waals surface area contributed by atoms with Crippen LogP contribution in [-0.4, -0.2) is 54.9 Å². The van der Waals surface area contributed by atoms with Gasteiger partial charge in [-0.15, -0.1) is 0 Å². The fourth-order valence-corrected chi connectivity index (χ4v) is 2.76. The molecule has 1 aromatic carbocycles. The quantitative estimate of drug-likeness (QED) is 0.798. The third-order valence-corrected chi connectivity index (χ3v) is 4.11. The summed E-state index contributed by atoms with van der Waals surface area (Å²) >= 11 is 0. The highest BCUT2D eigenvalue weighted by Crippen LogP contribution is 2.22. The molecule has 0 saturated carbocycles. The first-order valence-electron chi connectivity index (χ1n) is 8.69. The number of ether oxygens (including phenoxy) is 1. The molecule has 6 nitrogen and oxygen atoms in total. The van der Waals surface area contributed by atoms with Gasteiger partial charge in [-0.2, -0.15) is 5.10 Å². The largest absolute Gasteiger partial charge is 0.497 e. The number of benzene rings is 1. The number of hydrogen-bond donors (Lipinski definition) is 1. The van der Waals surface area contributed by atoms with Gasteiger partial charge in [0.25, 0.3) is 5.91 Å². The number of amides is 1. The number of carbonyl (C=O) groups excluding carboxylic acids is 1. The van der Waals surface area contributed by atoms with Crippen molar-refractivity contribution in [3.05, 3.63) is 41.2 Å². The summed E-state index contributed by atoms with van der Waals surface area (Å²) in [6, 6.07) is 7.72. The molecule has 1 aromatic heterocycles. The number of aromatic nitrogens is 2. The molecule has 0 saturated heterocycles. The van der Waals surface area contributed by atoms with E-state index in [9.17, 15) is 4.79 Å². The minimum atomic E-state index is -0.0460. The Morgan fingerprint density at radius 1 is 1.20 bits per heavy atom. The summed E-state index contributed by atoms with van der Waals surface area (Å²) < 4.78 is 7.09. The number of methoxy groups -OCH3 is 1. The lowest BCUT2D eigenvalue weighted by Crippen LogP contribution is -2.32. The summed E-state index contributed by atoms with van der Waals surface area (Å²) in [7, 11) is 5.62. The standard InChI is InChI=1S/C19H28N4O2/c1-6-16-18(19(24)20-12-13-22(3)4)17(7-2)23(21-16)14-8-10-15(25-5)11-9-14/h8-11H,6-7,12-13H2,1-5H3,(H,20,24). The second-order valence-electron chi connectivity index (χ2n) is 6.14. The van der Waals surface area contributed by atoms with Crippen molar-refractivity contribution >= 4 is 5.91 Å². The molecular weight excluding hydrogens is 316 g/mol. The van der Waals surface area contributed by atoms with Crippen LogP contribution in [0.4, 0.5) is 0 Å². The molecule has 136 valence electrons. The molecule has 0 aliphatic heterocycles. The van der Waals surface area contributed by atoms with Crippen LogP contribution in [0.3, 0.4) is 0 Å². The number of nitrogens with zero attached hydrogens (tertiary/aromatic N) is 3. The van der Waals surface area contributed by atoms with Crippen LogP contribution in [0.25, 0.3) is 5.69 Å². The zero-order valence-corrected chi connectivity index (χ0v) is 15.8. The number of aryl methyl sites for hydroxylation is 1. The third kappa shape index (κ3) is 4.39. The van der Waals surface area contributed by atoms with Gasteiger partial charge in [0, 0.05) is 13.1 Å². The van der Waals surface area contributed by atoms with E-state index in [0.29, 0.717) is 18.5 Å². The van der Waals surface area contributed by atoms with Gasteiger partial charge in [0.2, 0.25) is 0 Å². The summed E-state index contributed by atoms with van der Waals surface area (Å²) in [5, 5.41) is 7.70. The molecule has 1 amide bonds. The molecule has 1 heterocycles. The van der Waals surface area contributed by atoms with Crippen molar-refractivity contribution in [2.75, 3.05) is 34.3 Å². The second-order valence-corrected chi connectivity index (χ2v) is 6.14. The fraction of sp³-hybridized carbons (Fsp3) is 0.474. The van der Waals surface area contributed by atoms with E-state index in [4.69, 9.17) is 9.84 Å². The first kappa shape index (κ1) is 19.0. The van der Waals surface area contributed by atoms with Crippen molar-refractivity contribution in [1.82, 2.24) is 20.0 Å². The van der Waals surface area contributed by atoms with Gasteiger partial charge >= 0.3 is 0 Å². The number of hydrogen-bond acceptors (Lipinski definition) is 4. The first-order valence-corrected chi connectivity index (χ1v) is 8.69. The van der Waals surface area contributed by atoms with Crippen LogP contribution in [0.5, 0.6) is 5.75 Å². The van der Waals surface area contributed by atoms with Gasteiger partial charge in [-0.1, -0.05) is 13.8 Å². The van der Waals surface area contributed by atoms with E-state index in [1.54, 1.807) is 7.11 Å². The maximum Gasteiger partial charge on any atom is 0.255 e. The van der Waals surface area contributed by atoms with Gasteiger partial charge in [-0.05, 0) is 51.2 Å². The molecule has 1 N–H and O–H groups in total. The SMILES string of the molecule is CCc1nn(-c2ccc(OC)cc2)c(CC)c1C(=O)NCCN(C)C. The van der Waals surface area contributed by atoms with Gasteiger partial charge in [0.1, 0.15) is 5.75 Å². The molecule has 0 fully saturated rings. The van der Waals surface area contributed by atoms with E-state index < -0.39 is 0 Å². The molecule has 0 bridgehead atoms. The van der Waals surface area contributed by atoms with E-state index in [2.05, 4.69) is 5.32 Å². The molecule has 2 rings (SSSR count). The van der Waals surface area contributed by atoms with Gasteiger partial charge in [0.05, 0.1) is 29.7 Å². The molecule has 0 unspecified atom stereocenters. The van der Waals surface area contributed by atoms with Gasteiger partial charge < -0.3 is 15.0 Å². The van der Waals surface area contributed by atoms with Crippen LogP contribution in [0, 0.1) is 0 Å². The van der Waals surface area contributed by atoms with Crippen molar-refractivity contribution in [3.63, 3.8) is 0 Å². The molecule has 0 aliphatic carbocycles. The average molecular weight is 344 g/mol. The molecule has 25 heavy (non-hydrogen) atoms. The Kier molecular flexibility index (Phi) is 6.58. The normalized spacial score (nSPS) is 11.0. The van der Waals surface area contributed by atoms with Crippen LogP contribution in [-0.2, 0) is 12.8 Å². The van der Waals surface area contributed by atoms with E-state index in [0.717, 1.165) is 35.8 Å². The zero-order chi connectivity index (χ0) is 18.4. The number of nitrogens with one attached hydrogen (secondary N) is 1. The Morgan fingerprint density at radius 3 is 2.40 bits per heavy atom. The molecule has 0 aliphatic rings. The van der Waals surface area contributed by atoms with Gasteiger partial charge in [-0.25, -0.2) is 4.68 Å². The van der Waals surface area contributed by atoms with E-state index >= 15 is 0 Å². The Hall–Kier alpha value is -2.34. The zero-order valence-electron chi connectivity index (χ0n) is 15.8. The Bertz CT molecular complexity index is 705. The molecule has 0 atom stereocenters. The molecule has 0 spiro atoms. The monoisotopic (exact) mass is 344 g/mol. The van der Waals surface area contributed by atoms with Crippen molar-refractivity contribution in [2.45, 2.75) is 26.7 Å². The smallest absolute Gasteiger partial charge is 0.255 e. The van der Waals surface area contributed by atoms with Crippen LogP contribution < -0.4 is 10.1 Å². The Labute approximate surface area is 149 Å². The van der Waals surface area contributed by atoms with Crippen LogP contribution >= 0.6 is 0 Å². The topological polar surface area (TPSA) is 59.4 Å². The van der Waals surface area contributed by atoms with E-state index in [-0.39, 0.29) is 5.91 Å². The number of carbonyl (C=O) groups is 1. The van der Waals surface area contributed by atoms with Crippen molar-refractivity contribution in [3.8, 4) is 11.4 Å². The fourth-order valence-electron chi connectivity index (χ4n) is 2.76. The summed E-state index contributed by atoms with van der Waals surface area (Å²) in [5.41, 5.74) is 3.40. The van der Waals surface area contributed by atoms with Crippen LogP contribution in [0.1, 0.15) is 35.6 Å². The Morgan fingerprint density at radius 2 is 1.88 bits per heavy atom. The first-order chi connectivity index (χ1) is 12.0. The molecular formula is C19H28N4O2. The van der Waals surface area contributed by atoms with Gasteiger partial charge in [-0.3, -0.25) is 4.79 Å². The van der Waals surface area contributed by atoms with E-state index in [1.807, 2.05) is 61.8 Å². The van der Waals surface area contributed by atoms with Gasteiger partial charge in [0.15, 0.2) is 0 Å². The Balaban J connectivity index is 2.36. The number of rotatable bonds is 8. The van der Waals surface area contributed by atoms with Crippen molar-refractivity contribution < 1.29 is 9.53 Å². The predicted molar refractivity (Wildman–Crippen MR) is 99.8 cm³/mol. The van der Waals surface area contributed by atoms with Crippen molar-refractivity contribution in [1.29, 1.82) is 0 Å². The summed E-state index contributed by atoms with van der Waals surface area (Å²) in [6.07, 6.45) is 1.45. The van der Waals surface area contributed by atoms with Crippen LogP contribution in [0.15, 0.2) is 24.3 Å². The maximum absolute atomic E-state index is 12.7. The lowest BCUT2D eigenvalue weighted by molar-refractivity contribution is 0.0949. The third-order valence-electron chi connectivity index (χ3n) is 4.11. The summed E-state index contributed by atoms with van der Waals surface area (Å²) in [4.78, 5) is 14.8. The molecule has 2 aromatic rings. The summed E-state index contributed by atoms with van der Waals surface area (Å²) in [6.45, 7) is 5.50. The highest BCUT2D eigenvalue weighted by Gasteiger charge is 2.22. The van der Waals surface area contributed by atoms with Crippen LogP contribution in [0.2, 0.25) is 0 Å². The average Bonchev–Trinajstić information content (AvgIpc) is 3.00. The lowest BCUT2D eigenvalue weighted by atomic mass is 10.1. The second kappa shape index (κ2) is 8.67. The predicted octanol–water partition coefficient (Wildman–Crippen LogP) is 2.30. The minimum Gasteiger partial charge on any atom is -0.497 e. The molecule has 0 radical (unpaired) electrons. The number of likely N-dealkylation sites (N-methyl/N-ethyl adjacent to an activating group) is 1. The highest BCUT2D eigenvalue weighted by molar-refractivity contribution is 5.96. The lowest BCUT2D eigenvalue weighted by Gasteiger charge is -2.12. The minimum absolute atomic E-state index is 0.0460. The summed E-state index contributed by atoms with van der Waals surface area (Å²) in [5.74, 6) is 0.752.